The largest absolute Gasteiger partial charge is 0.343 e. The number of nitrogens with one attached hydrogen (secondary N) is 1. The van der Waals surface area contributed by atoms with E-state index in [-0.39, 0.29) is 5.69 Å². The minimum atomic E-state index is -0.150. The summed E-state index contributed by atoms with van der Waals surface area (Å²) in [6, 6.07) is 0. The molecule has 1 aliphatic carbocycles. The predicted molar refractivity (Wildman–Crippen MR) is 60.1 cm³/mol. The summed E-state index contributed by atoms with van der Waals surface area (Å²) in [5.41, 5.74) is 0.256. The van der Waals surface area contributed by atoms with Gasteiger partial charge in [-0.05, 0) is 24.0 Å². The van der Waals surface area contributed by atoms with E-state index in [1.165, 1.54) is 12.8 Å². The third-order valence-electron chi connectivity index (χ3n) is 2.64. The second-order valence-electron chi connectivity index (χ2n) is 3.82. The molecule has 1 N–H and O–H groups in total. The van der Waals surface area contributed by atoms with Crippen molar-refractivity contribution < 1.29 is 0 Å². The molecule has 2 rings (SSSR count). The van der Waals surface area contributed by atoms with Crippen molar-refractivity contribution in [2.75, 3.05) is 11.5 Å². The Morgan fingerprint density at radius 2 is 2.43 bits per heavy atom. The summed E-state index contributed by atoms with van der Waals surface area (Å²) in [5, 5.41) is 7.14. The highest BCUT2D eigenvalue weighted by molar-refractivity contribution is 7.99. The molecule has 0 radical (unpaired) electrons. The maximum atomic E-state index is 11.1. The second-order valence-corrected chi connectivity index (χ2v) is 5.08. The Balaban J connectivity index is 1.98. The van der Waals surface area contributed by atoms with Crippen molar-refractivity contribution in [1.82, 2.24) is 14.8 Å². The molecular formula is C8H13N3OS2. The first-order valence-electron chi connectivity index (χ1n) is 4.52. The van der Waals surface area contributed by atoms with Crippen LogP contribution in [-0.2, 0) is 7.05 Å². The fraction of sp³-hybridized carbons (Fsp3) is 0.750. The molecule has 0 aliphatic heterocycles. The van der Waals surface area contributed by atoms with Gasteiger partial charge in [0.1, 0.15) is 0 Å². The number of thioether (sulfide) groups is 1. The first-order valence-corrected chi connectivity index (χ1v) is 6.14. The summed E-state index contributed by atoms with van der Waals surface area (Å²) in [7, 11) is 1.73. The molecule has 0 saturated heterocycles. The summed E-state index contributed by atoms with van der Waals surface area (Å²) in [6.07, 6.45) is 2.50. The van der Waals surface area contributed by atoms with Crippen LogP contribution in [0, 0.1) is 5.41 Å². The van der Waals surface area contributed by atoms with Crippen LogP contribution >= 0.6 is 24.4 Å². The molecule has 14 heavy (non-hydrogen) atoms. The Hall–Kier alpha value is -0.360. The van der Waals surface area contributed by atoms with Crippen LogP contribution in [0.25, 0.3) is 0 Å². The number of hydrogen-bond acceptors (Lipinski definition) is 4. The highest BCUT2D eigenvalue weighted by atomic mass is 32.2. The van der Waals surface area contributed by atoms with Crippen LogP contribution in [-0.4, -0.2) is 26.3 Å². The summed E-state index contributed by atoms with van der Waals surface area (Å²) in [6.45, 7) is 0. The maximum Gasteiger partial charge on any atom is 0.343 e. The molecule has 0 spiro atoms. The zero-order valence-electron chi connectivity index (χ0n) is 7.99. The highest BCUT2D eigenvalue weighted by Crippen LogP contribution is 2.49. The SMILES string of the molecule is Cn1c(SCC2(CS)CC2)n[nH]c1=O. The normalized spacial score (nSPS) is 18.4. The lowest BCUT2D eigenvalue weighted by Crippen LogP contribution is -2.13. The summed E-state index contributed by atoms with van der Waals surface area (Å²) >= 11 is 5.96. The molecule has 78 valence electrons. The Labute approximate surface area is 91.9 Å². The first-order chi connectivity index (χ1) is 6.67. The molecule has 0 atom stereocenters. The van der Waals surface area contributed by atoms with E-state index in [9.17, 15) is 4.79 Å². The smallest absolute Gasteiger partial charge is 0.273 e. The highest BCUT2D eigenvalue weighted by Gasteiger charge is 2.41. The molecule has 1 aliphatic rings. The predicted octanol–water partition coefficient (Wildman–Crippen LogP) is 0.910. The molecular weight excluding hydrogens is 218 g/mol. The summed E-state index contributed by atoms with van der Waals surface area (Å²) in [4.78, 5) is 11.1. The minimum absolute atomic E-state index is 0.150. The van der Waals surface area contributed by atoms with E-state index >= 15 is 0 Å². The lowest BCUT2D eigenvalue weighted by molar-refractivity contribution is 0.677. The van der Waals surface area contributed by atoms with Crippen molar-refractivity contribution in [2.24, 2.45) is 12.5 Å². The number of rotatable bonds is 4. The molecule has 1 aromatic rings. The van der Waals surface area contributed by atoms with Crippen LogP contribution in [0.5, 0.6) is 0 Å². The van der Waals surface area contributed by atoms with E-state index in [2.05, 4.69) is 22.8 Å². The van der Waals surface area contributed by atoms with Gasteiger partial charge in [0.15, 0.2) is 5.16 Å². The van der Waals surface area contributed by atoms with Gasteiger partial charge in [0.25, 0.3) is 0 Å². The van der Waals surface area contributed by atoms with Gasteiger partial charge in [-0.3, -0.25) is 4.57 Å². The molecule has 0 amide bonds. The molecule has 1 heterocycles. The van der Waals surface area contributed by atoms with E-state index in [4.69, 9.17) is 0 Å². The van der Waals surface area contributed by atoms with Crippen molar-refractivity contribution in [3.05, 3.63) is 10.5 Å². The average Bonchev–Trinajstić information content (AvgIpc) is 2.91. The molecule has 0 unspecified atom stereocenters. The summed E-state index contributed by atoms with van der Waals surface area (Å²) in [5.74, 6) is 1.94. The van der Waals surface area contributed by atoms with Crippen molar-refractivity contribution in [1.29, 1.82) is 0 Å². The van der Waals surface area contributed by atoms with Gasteiger partial charge in [0.05, 0.1) is 0 Å². The van der Waals surface area contributed by atoms with Crippen molar-refractivity contribution in [3.8, 4) is 0 Å². The lowest BCUT2D eigenvalue weighted by Gasteiger charge is -2.09. The lowest BCUT2D eigenvalue weighted by atomic mass is 10.2. The fourth-order valence-electron chi connectivity index (χ4n) is 1.20. The van der Waals surface area contributed by atoms with Gasteiger partial charge in [-0.15, -0.1) is 5.10 Å². The maximum absolute atomic E-state index is 11.1. The first kappa shape index (κ1) is 10.2. The number of aromatic amines is 1. The van der Waals surface area contributed by atoms with Gasteiger partial charge < -0.3 is 0 Å². The van der Waals surface area contributed by atoms with Crippen LogP contribution < -0.4 is 5.69 Å². The van der Waals surface area contributed by atoms with Gasteiger partial charge in [0.2, 0.25) is 0 Å². The van der Waals surface area contributed by atoms with Crippen LogP contribution in [0.3, 0.4) is 0 Å². The molecule has 1 fully saturated rings. The zero-order chi connectivity index (χ0) is 10.2. The van der Waals surface area contributed by atoms with Gasteiger partial charge in [-0.25, -0.2) is 9.89 Å². The fourth-order valence-corrected chi connectivity index (χ4v) is 3.00. The topological polar surface area (TPSA) is 50.7 Å². The number of thiol groups is 1. The van der Waals surface area contributed by atoms with Gasteiger partial charge in [-0.2, -0.15) is 12.6 Å². The van der Waals surface area contributed by atoms with Crippen molar-refractivity contribution >= 4 is 24.4 Å². The summed E-state index contributed by atoms with van der Waals surface area (Å²) < 4.78 is 1.54. The van der Waals surface area contributed by atoms with Crippen LogP contribution in [0.4, 0.5) is 0 Å². The number of aromatic nitrogens is 3. The number of hydrogen-bond donors (Lipinski definition) is 2. The Bertz CT molecular complexity index is 380. The molecule has 0 aromatic carbocycles. The minimum Gasteiger partial charge on any atom is -0.273 e. The monoisotopic (exact) mass is 231 g/mol. The third-order valence-corrected chi connectivity index (χ3v) is 4.69. The molecule has 0 bridgehead atoms. The number of nitrogens with zero attached hydrogens (tertiary/aromatic N) is 2. The van der Waals surface area contributed by atoms with E-state index < -0.39 is 0 Å². The van der Waals surface area contributed by atoms with Crippen LogP contribution in [0.1, 0.15) is 12.8 Å². The molecule has 1 saturated carbocycles. The van der Waals surface area contributed by atoms with E-state index in [0.29, 0.717) is 5.41 Å². The quantitative estimate of drug-likeness (QED) is 0.598. The Morgan fingerprint density at radius 3 is 2.86 bits per heavy atom. The second kappa shape index (κ2) is 3.66. The van der Waals surface area contributed by atoms with Gasteiger partial charge in [0, 0.05) is 12.8 Å². The molecule has 1 aromatic heterocycles. The Kier molecular flexibility index (Phi) is 2.66. The van der Waals surface area contributed by atoms with Gasteiger partial charge in [-0.1, -0.05) is 11.8 Å². The molecule has 4 nitrogen and oxygen atoms in total. The van der Waals surface area contributed by atoms with E-state index in [1.54, 1.807) is 23.4 Å². The van der Waals surface area contributed by atoms with Crippen molar-refractivity contribution in [3.63, 3.8) is 0 Å². The van der Waals surface area contributed by atoms with Crippen LogP contribution in [0.15, 0.2) is 9.95 Å². The average molecular weight is 231 g/mol. The zero-order valence-corrected chi connectivity index (χ0v) is 9.70. The Morgan fingerprint density at radius 1 is 1.71 bits per heavy atom. The third kappa shape index (κ3) is 1.86. The van der Waals surface area contributed by atoms with Gasteiger partial charge >= 0.3 is 5.69 Å². The number of H-pyrrole nitrogens is 1. The van der Waals surface area contributed by atoms with E-state index in [1.807, 2.05) is 0 Å². The van der Waals surface area contributed by atoms with Crippen molar-refractivity contribution in [2.45, 2.75) is 18.0 Å². The van der Waals surface area contributed by atoms with Crippen LogP contribution in [0.2, 0.25) is 0 Å². The standard InChI is InChI=1S/C8H13N3OS2/c1-11-6(12)9-10-7(11)14-5-8(4-13)2-3-8/h13H,2-5H2,1H3,(H,9,12). The molecule has 6 heteroatoms. The van der Waals surface area contributed by atoms with E-state index in [0.717, 1.165) is 16.7 Å².